The maximum absolute atomic E-state index is 5.84. The highest BCUT2D eigenvalue weighted by Crippen LogP contribution is 2.35. The highest BCUT2D eigenvalue weighted by atomic mass is 16.5. The SMILES string of the molecule is CCCCCCOc1ccc(C#CC2CCC(c3ccc(CCCCC)cc3)CC2)cc1. The van der Waals surface area contributed by atoms with Crippen LogP contribution in [0.15, 0.2) is 48.5 Å². The molecular formula is C31H42O. The van der Waals surface area contributed by atoms with Gasteiger partial charge in [-0.2, -0.15) is 0 Å². The van der Waals surface area contributed by atoms with Gasteiger partial charge in [0.15, 0.2) is 0 Å². The largest absolute Gasteiger partial charge is 0.494 e. The van der Waals surface area contributed by atoms with Gasteiger partial charge < -0.3 is 4.74 Å². The van der Waals surface area contributed by atoms with Crippen molar-refractivity contribution < 1.29 is 4.74 Å². The fourth-order valence-electron chi connectivity index (χ4n) is 4.65. The Morgan fingerprint density at radius 3 is 2.12 bits per heavy atom. The molecule has 1 heteroatoms. The quantitative estimate of drug-likeness (QED) is 0.256. The van der Waals surface area contributed by atoms with E-state index in [1.54, 1.807) is 0 Å². The van der Waals surface area contributed by atoms with Crippen molar-refractivity contribution in [1.82, 2.24) is 0 Å². The first-order valence-electron chi connectivity index (χ1n) is 13.1. The van der Waals surface area contributed by atoms with Gasteiger partial charge in [-0.15, -0.1) is 0 Å². The van der Waals surface area contributed by atoms with Gasteiger partial charge in [0, 0.05) is 11.5 Å². The van der Waals surface area contributed by atoms with Crippen molar-refractivity contribution in [1.29, 1.82) is 0 Å². The molecular weight excluding hydrogens is 388 g/mol. The first-order valence-corrected chi connectivity index (χ1v) is 13.1. The average molecular weight is 431 g/mol. The molecule has 1 saturated carbocycles. The van der Waals surface area contributed by atoms with Crippen LogP contribution >= 0.6 is 0 Å². The molecule has 1 aliphatic rings. The fourth-order valence-corrected chi connectivity index (χ4v) is 4.65. The number of hydrogen-bond donors (Lipinski definition) is 0. The number of benzene rings is 2. The lowest BCUT2D eigenvalue weighted by Crippen LogP contribution is -2.12. The predicted molar refractivity (Wildman–Crippen MR) is 137 cm³/mol. The average Bonchev–Trinajstić information content (AvgIpc) is 2.84. The van der Waals surface area contributed by atoms with Gasteiger partial charge in [0.2, 0.25) is 0 Å². The molecule has 0 amide bonds. The Morgan fingerprint density at radius 1 is 0.750 bits per heavy atom. The summed E-state index contributed by atoms with van der Waals surface area (Å²) in [5.74, 6) is 9.16. The van der Waals surface area contributed by atoms with E-state index in [1.165, 1.54) is 81.8 Å². The zero-order chi connectivity index (χ0) is 22.4. The molecule has 0 saturated heterocycles. The molecule has 0 N–H and O–H groups in total. The summed E-state index contributed by atoms with van der Waals surface area (Å²) in [7, 11) is 0. The summed E-state index contributed by atoms with van der Waals surface area (Å²) in [6, 6.07) is 17.8. The lowest BCUT2D eigenvalue weighted by atomic mass is 9.78. The molecule has 0 bridgehead atoms. The summed E-state index contributed by atoms with van der Waals surface area (Å²) in [6.45, 7) is 5.32. The summed E-state index contributed by atoms with van der Waals surface area (Å²) in [5.41, 5.74) is 4.12. The van der Waals surface area contributed by atoms with Crippen LogP contribution in [0.4, 0.5) is 0 Å². The van der Waals surface area contributed by atoms with Crippen LogP contribution < -0.4 is 4.74 Å². The zero-order valence-corrected chi connectivity index (χ0v) is 20.4. The summed E-state index contributed by atoms with van der Waals surface area (Å²) in [4.78, 5) is 0. The summed E-state index contributed by atoms with van der Waals surface area (Å²) >= 11 is 0. The molecule has 0 radical (unpaired) electrons. The minimum atomic E-state index is 0.536. The summed E-state index contributed by atoms with van der Waals surface area (Å²) < 4.78 is 5.84. The van der Waals surface area contributed by atoms with Crippen molar-refractivity contribution in [3.05, 3.63) is 65.2 Å². The third-order valence-corrected chi connectivity index (χ3v) is 6.79. The van der Waals surface area contributed by atoms with E-state index in [0.717, 1.165) is 24.3 Å². The van der Waals surface area contributed by atoms with Gasteiger partial charge in [-0.25, -0.2) is 0 Å². The van der Waals surface area contributed by atoms with Crippen molar-refractivity contribution in [3.8, 4) is 17.6 Å². The first-order chi connectivity index (χ1) is 15.8. The Bertz CT molecular complexity index is 814. The van der Waals surface area contributed by atoms with Gasteiger partial charge in [-0.05, 0) is 86.3 Å². The monoisotopic (exact) mass is 430 g/mol. The number of hydrogen-bond acceptors (Lipinski definition) is 1. The Hall–Kier alpha value is -2.20. The van der Waals surface area contributed by atoms with Crippen LogP contribution in [0.25, 0.3) is 0 Å². The van der Waals surface area contributed by atoms with Gasteiger partial charge in [-0.3, -0.25) is 0 Å². The third-order valence-electron chi connectivity index (χ3n) is 6.79. The fraction of sp³-hybridized carbons (Fsp3) is 0.548. The maximum Gasteiger partial charge on any atom is 0.119 e. The molecule has 1 aliphatic carbocycles. The van der Waals surface area contributed by atoms with Crippen LogP contribution in [0.2, 0.25) is 0 Å². The van der Waals surface area contributed by atoms with Crippen molar-refractivity contribution in [2.75, 3.05) is 6.61 Å². The lowest BCUT2D eigenvalue weighted by Gasteiger charge is -2.26. The van der Waals surface area contributed by atoms with E-state index in [4.69, 9.17) is 4.74 Å². The summed E-state index contributed by atoms with van der Waals surface area (Å²) in [5, 5.41) is 0. The number of aryl methyl sites for hydroxylation is 1. The molecule has 2 aromatic rings. The van der Waals surface area contributed by atoms with Gasteiger partial charge in [-0.1, -0.05) is 82.1 Å². The molecule has 3 rings (SSSR count). The van der Waals surface area contributed by atoms with Gasteiger partial charge in [0.25, 0.3) is 0 Å². The Labute approximate surface area is 197 Å². The van der Waals surface area contributed by atoms with Crippen LogP contribution in [0.1, 0.15) is 107 Å². The van der Waals surface area contributed by atoms with Crippen molar-refractivity contribution >= 4 is 0 Å². The molecule has 0 aliphatic heterocycles. The standard InChI is InChI=1S/C31H42O/c1-3-5-7-9-25-32-31-23-17-28(18-24-31)12-11-27-15-21-30(22-16-27)29-19-13-26(14-20-29)10-8-6-4-2/h13-14,17-20,23-24,27,30H,3-10,15-16,21-22,25H2,1-2H3. The van der Waals surface area contributed by atoms with E-state index >= 15 is 0 Å². The van der Waals surface area contributed by atoms with E-state index in [2.05, 4.69) is 74.2 Å². The van der Waals surface area contributed by atoms with Gasteiger partial charge >= 0.3 is 0 Å². The van der Waals surface area contributed by atoms with E-state index in [-0.39, 0.29) is 0 Å². The predicted octanol–water partition coefficient (Wildman–Crippen LogP) is 8.70. The number of unbranched alkanes of at least 4 members (excludes halogenated alkanes) is 5. The van der Waals surface area contributed by atoms with Crippen LogP contribution in [-0.4, -0.2) is 6.61 Å². The molecule has 1 nitrogen and oxygen atoms in total. The molecule has 32 heavy (non-hydrogen) atoms. The minimum Gasteiger partial charge on any atom is -0.494 e. The maximum atomic E-state index is 5.84. The van der Waals surface area contributed by atoms with Crippen molar-refractivity contribution in [2.45, 2.75) is 96.8 Å². The highest BCUT2D eigenvalue weighted by Gasteiger charge is 2.21. The van der Waals surface area contributed by atoms with Crippen LogP contribution in [0.3, 0.4) is 0 Å². The Balaban J connectivity index is 1.40. The van der Waals surface area contributed by atoms with Crippen LogP contribution in [0.5, 0.6) is 5.75 Å². The smallest absolute Gasteiger partial charge is 0.119 e. The molecule has 0 heterocycles. The van der Waals surface area contributed by atoms with Crippen molar-refractivity contribution in [3.63, 3.8) is 0 Å². The molecule has 0 aromatic heterocycles. The normalized spacial score (nSPS) is 18.1. The molecule has 0 spiro atoms. The van der Waals surface area contributed by atoms with Crippen molar-refractivity contribution in [2.24, 2.45) is 5.92 Å². The van der Waals surface area contributed by atoms with Crippen LogP contribution in [-0.2, 0) is 6.42 Å². The molecule has 1 fully saturated rings. The Morgan fingerprint density at radius 2 is 1.44 bits per heavy atom. The topological polar surface area (TPSA) is 9.23 Å². The van der Waals surface area contributed by atoms with E-state index in [1.807, 2.05) is 0 Å². The zero-order valence-electron chi connectivity index (χ0n) is 20.4. The van der Waals surface area contributed by atoms with E-state index in [9.17, 15) is 0 Å². The second-order valence-electron chi connectivity index (χ2n) is 9.45. The Kier molecular flexibility index (Phi) is 10.7. The van der Waals surface area contributed by atoms with E-state index < -0.39 is 0 Å². The number of ether oxygens (including phenoxy) is 1. The second kappa shape index (κ2) is 14.1. The second-order valence-corrected chi connectivity index (χ2v) is 9.45. The number of rotatable bonds is 11. The molecule has 0 unspecified atom stereocenters. The molecule has 0 atom stereocenters. The molecule has 2 aromatic carbocycles. The lowest BCUT2D eigenvalue weighted by molar-refractivity contribution is 0.305. The minimum absolute atomic E-state index is 0.536. The first kappa shape index (κ1) is 24.4. The van der Waals surface area contributed by atoms with Gasteiger partial charge in [0.1, 0.15) is 5.75 Å². The highest BCUT2D eigenvalue weighted by molar-refractivity contribution is 5.38. The summed E-state index contributed by atoms with van der Waals surface area (Å²) in [6.07, 6.45) is 15.1. The third kappa shape index (κ3) is 8.38. The van der Waals surface area contributed by atoms with Crippen LogP contribution in [0, 0.1) is 17.8 Å². The van der Waals surface area contributed by atoms with Gasteiger partial charge in [0.05, 0.1) is 6.61 Å². The van der Waals surface area contributed by atoms with E-state index in [0.29, 0.717) is 11.8 Å². The molecule has 172 valence electrons.